The molecule has 1 atom stereocenters. The lowest BCUT2D eigenvalue weighted by atomic mass is 10.0. The predicted octanol–water partition coefficient (Wildman–Crippen LogP) is 1.60. The van der Waals surface area contributed by atoms with Crippen LogP contribution >= 0.6 is 0 Å². The van der Waals surface area contributed by atoms with Crippen LogP contribution in [-0.2, 0) is 0 Å². The minimum Gasteiger partial charge on any atom is -0.330 e. The molecule has 1 rings (SSSR count). The molecular weight excluding hydrogens is 160 g/mol. The molecule has 1 aromatic rings. The molecule has 1 aromatic carbocycles. The molecule has 13 heavy (non-hydrogen) atoms. The molecule has 2 nitrogen and oxygen atoms in total. The van der Waals surface area contributed by atoms with Gasteiger partial charge in [-0.15, -0.1) is 0 Å². The third kappa shape index (κ3) is 2.83. The molecule has 0 fully saturated rings. The monoisotopic (exact) mass is 178 g/mol. The zero-order valence-electron chi connectivity index (χ0n) is 8.38. The van der Waals surface area contributed by atoms with Crippen molar-refractivity contribution in [3.63, 3.8) is 0 Å². The van der Waals surface area contributed by atoms with E-state index in [9.17, 15) is 0 Å². The van der Waals surface area contributed by atoms with Gasteiger partial charge in [0.2, 0.25) is 0 Å². The predicted molar refractivity (Wildman–Crippen MR) is 56.7 cm³/mol. The van der Waals surface area contributed by atoms with Crippen LogP contribution in [0.4, 0.5) is 0 Å². The summed E-state index contributed by atoms with van der Waals surface area (Å²) in [6.07, 6.45) is 0.986. The SMILES string of the molecule is CNC(CCN)c1ccc(C)cc1. The van der Waals surface area contributed by atoms with Crippen LogP contribution < -0.4 is 11.1 Å². The second kappa shape index (κ2) is 5.00. The van der Waals surface area contributed by atoms with Crippen molar-refractivity contribution < 1.29 is 0 Å². The molecule has 0 aliphatic rings. The Morgan fingerprint density at radius 1 is 1.31 bits per heavy atom. The number of nitrogens with two attached hydrogens (primary N) is 1. The van der Waals surface area contributed by atoms with E-state index in [4.69, 9.17) is 5.73 Å². The fourth-order valence-corrected chi connectivity index (χ4v) is 1.44. The molecule has 0 amide bonds. The number of rotatable bonds is 4. The Labute approximate surface area is 80.1 Å². The maximum Gasteiger partial charge on any atom is 0.0329 e. The van der Waals surface area contributed by atoms with E-state index in [1.165, 1.54) is 11.1 Å². The molecule has 0 aliphatic carbocycles. The largest absolute Gasteiger partial charge is 0.330 e. The Hall–Kier alpha value is -0.860. The Morgan fingerprint density at radius 3 is 2.38 bits per heavy atom. The zero-order chi connectivity index (χ0) is 9.68. The summed E-state index contributed by atoms with van der Waals surface area (Å²) >= 11 is 0. The van der Waals surface area contributed by atoms with E-state index in [0.717, 1.165) is 13.0 Å². The molecule has 3 N–H and O–H groups in total. The van der Waals surface area contributed by atoms with Crippen molar-refractivity contribution in [2.45, 2.75) is 19.4 Å². The molecule has 0 heterocycles. The highest BCUT2D eigenvalue weighted by Crippen LogP contribution is 2.15. The van der Waals surface area contributed by atoms with E-state index in [1.807, 2.05) is 7.05 Å². The number of benzene rings is 1. The average molecular weight is 178 g/mol. The van der Waals surface area contributed by atoms with Gasteiger partial charge in [0.25, 0.3) is 0 Å². The lowest BCUT2D eigenvalue weighted by Crippen LogP contribution is -2.19. The molecule has 72 valence electrons. The highest BCUT2D eigenvalue weighted by molar-refractivity contribution is 5.24. The second-order valence-corrected chi connectivity index (χ2v) is 3.33. The van der Waals surface area contributed by atoms with Crippen LogP contribution in [0, 0.1) is 6.92 Å². The van der Waals surface area contributed by atoms with Crippen LogP contribution in [-0.4, -0.2) is 13.6 Å². The van der Waals surface area contributed by atoms with Gasteiger partial charge in [0.05, 0.1) is 0 Å². The number of aryl methyl sites for hydroxylation is 1. The summed E-state index contributed by atoms with van der Waals surface area (Å²) in [7, 11) is 1.97. The third-order valence-corrected chi connectivity index (χ3v) is 2.28. The summed E-state index contributed by atoms with van der Waals surface area (Å²) in [6.45, 7) is 2.82. The molecule has 0 radical (unpaired) electrons. The van der Waals surface area contributed by atoms with Gasteiger partial charge in [0, 0.05) is 6.04 Å². The lowest BCUT2D eigenvalue weighted by Gasteiger charge is -2.15. The number of hydrogen-bond donors (Lipinski definition) is 2. The Balaban J connectivity index is 2.73. The highest BCUT2D eigenvalue weighted by atomic mass is 14.9. The first-order valence-corrected chi connectivity index (χ1v) is 4.72. The average Bonchev–Trinajstić information content (AvgIpc) is 2.16. The summed E-state index contributed by atoms with van der Waals surface area (Å²) in [6, 6.07) is 8.98. The van der Waals surface area contributed by atoms with Crippen molar-refractivity contribution in [3.05, 3.63) is 35.4 Å². The summed E-state index contributed by atoms with van der Waals surface area (Å²) in [4.78, 5) is 0. The fourth-order valence-electron chi connectivity index (χ4n) is 1.44. The van der Waals surface area contributed by atoms with E-state index in [1.54, 1.807) is 0 Å². The summed E-state index contributed by atoms with van der Waals surface area (Å²) < 4.78 is 0. The topological polar surface area (TPSA) is 38.0 Å². The Morgan fingerprint density at radius 2 is 1.92 bits per heavy atom. The van der Waals surface area contributed by atoms with Gasteiger partial charge in [-0.25, -0.2) is 0 Å². The van der Waals surface area contributed by atoms with E-state index in [0.29, 0.717) is 6.04 Å². The van der Waals surface area contributed by atoms with Gasteiger partial charge in [-0.3, -0.25) is 0 Å². The van der Waals surface area contributed by atoms with Gasteiger partial charge < -0.3 is 11.1 Å². The molecule has 0 aromatic heterocycles. The molecule has 1 unspecified atom stereocenters. The van der Waals surface area contributed by atoms with Gasteiger partial charge >= 0.3 is 0 Å². The standard InChI is InChI=1S/C11H18N2/c1-9-3-5-10(6-4-9)11(13-2)7-8-12/h3-6,11,13H,7-8,12H2,1-2H3. The number of hydrogen-bond acceptors (Lipinski definition) is 2. The molecule has 2 heteroatoms. The van der Waals surface area contributed by atoms with E-state index in [-0.39, 0.29) is 0 Å². The lowest BCUT2D eigenvalue weighted by molar-refractivity contribution is 0.556. The molecular formula is C11H18N2. The van der Waals surface area contributed by atoms with Gasteiger partial charge in [-0.2, -0.15) is 0 Å². The normalized spacial score (nSPS) is 12.8. The maximum absolute atomic E-state index is 5.53. The van der Waals surface area contributed by atoms with Gasteiger partial charge in [-0.05, 0) is 32.5 Å². The van der Waals surface area contributed by atoms with Crippen LogP contribution in [0.15, 0.2) is 24.3 Å². The minimum atomic E-state index is 0.394. The van der Waals surface area contributed by atoms with Crippen LogP contribution in [0.3, 0.4) is 0 Å². The van der Waals surface area contributed by atoms with Crippen molar-refractivity contribution in [2.24, 2.45) is 5.73 Å². The van der Waals surface area contributed by atoms with Crippen molar-refractivity contribution in [1.82, 2.24) is 5.32 Å². The van der Waals surface area contributed by atoms with Crippen LogP contribution in [0.1, 0.15) is 23.6 Å². The van der Waals surface area contributed by atoms with Gasteiger partial charge in [0.15, 0.2) is 0 Å². The highest BCUT2D eigenvalue weighted by Gasteiger charge is 2.06. The van der Waals surface area contributed by atoms with Crippen molar-refractivity contribution in [2.75, 3.05) is 13.6 Å². The summed E-state index contributed by atoms with van der Waals surface area (Å²) in [5, 5.41) is 3.26. The molecule has 0 bridgehead atoms. The zero-order valence-corrected chi connectivity index (χ0v) is 8.38. The summed E-state index contributed by atoms with van der Waals surface area (Å²) in [5.41, 5.74) is 8.15. The Kier molecular flexibility index (Phi) is 3.93. The van der Waals surface area contributed by atoms with Crippen molar-refractivity contribution in [1.29, 1.82) is 0 Å². The smallest absolute Gasteiger partial charge is 0.0329 e. The van der Waals surface area contributed by atoms with Crippen LogP contribution in [0.25, 0.3) is 0 Å². The molecule has 0 saturated carbocycles. The summed E-state index contributed by atoms with van der Waals surface area (Å²) in [5.74, 6) is 0. The van der Waals surface area contributed by atoms with Gasteiger partial charge in [0.1, 0.15) is 0 Å². The van der Waals surface area contributed by atoms with Crippen LogP contribution in [0.5, 0.6) is 0 Å². The van der Waals surface area contributed by atoms with Crippen LogP contribution in [0.2, 0.25) is 0 Å². The fraction of sp³-hybridized carbons (Fsp3) is 0.455. The van der Waals surface area contributed by atoms with Crippen molar-refractivity contribution in [3.8, 4) is 0 Å². The van der Waals surface area contributed by atoms with Gasteiger partial charge in [-0.1, -0.05) is 29.8 Å². The molecule has 0 spiro atoms. The van der Waals surface area contributed by atoms with Crippen molar-refractivity contribution >= 4 is 0 Å². The Bertz CT molecular complexity index is 241. The van der Waals surface area contributed by atoms with E-state index < -0.39 is 0 Å². The van der Waals surface area contributed by atoms with E-state index in [2.05, 4.69) is 36.5 Å². The first kappa shape index (κ1) is 10.2. The number of nitrogens with one attached hydrogen (secondary N) is 1. The molecule has 0 aliphatic heterocycles. The van der Waals surface area contributed by atoms with E-state index >= 15 is 0 Å². The first-order chi connectivity index (χ1) is 6.27. The quantitative estimate of drug-likeness (QED) is 0.735. The first-order valence-electron chi connectivity index (χ1n) is 4.72. The minimum absolute atomic E-state index is 0.394. The molecule has 0 saturated heterocycles. The third-order valence-electron chi connectivity index (χ3n) is 2.28. The second-order valence-electron chi connectivity index (χ2n) is 3.33. The maximum atomic E-state index is 5.53.